The van der Waals surface area contributed by atoms with Crippen molar-refractivity contribution in [3.05, 3.63) is 113 Å². The summed E-state index contributed by atoms with van der Waals surface area (Å²) < 4.78 is 30.0. The third-order valence-corrected chi connectivity index (χ3v) is 11.2. The number of nitrogens with one attached hydrogen (secondary N) is 3. The summed E-state index contributed by atoms with van der Waals surface area (Å²) in [7, 11) is 0. The van der Waals surface area contributed by atoms with Crippen LogP contribution in [0.5, 0.6) is 0 Å². The van der Waals surface area contributed by atoms with Gasteiger partial charge in [0.15, 0.2) is 12.1 Å². The van der Waals surface area contributed by atoms with Crippen LogP contribution < -0.4 is 21.7 Å². The minimum Gasteiger partial charge on any atom is -0.458 e. The number of thioether (sulfide) groups is 1. The van der Waals surface area contributed by atoms with Gasteiger partial charge < -0.3 is 49.6 Å². The van der Waals surface area contributed by atoms with E-state index in [1.54, 1.807) is 102 Å². The van der Waals surface area contributed by atoms with E-state index < -0.39 is 122 Å². The number of fused-ring (bicyclic) bond motifs is 1. The summed E-state index contributed by atoms with van der Waals surface area (Å²) >= 11 is 17.9. The lowest BCUT2D eigenvalue weighted by Gasteiger charge is -2.49. The Labute approximate surface area is 420 Å². The summed E-state index contributed by atoms with van der Waals surface area (Å²) in [6.45, 7) is 8.11. The van der Waals surface area contributed by atoms with Gasteiger partial charge in [0.25, 0.3) is 5.91 Å². The highest BCUT2D eigenvalue weighted by atomic mass is 35.6. The number of benzene rings is 3. The van der Waals surface area contributed by atoms with Crippen LogP contribution in [-0.2, 0) is 57.2 Å². The zero-order chi connectivity index (χ0) is 51.7. The number of halogens is 3. The molecule has 24 heteroatoms. The normalized spacial score (nSPS) is 17.6. The second-order valence-electron chi connectivity index (χ2n) is 17.2. The summed E-state index contributed by atoms with van der Waals surface area (Å²) in [5.41, 5.74) is 3.76. The summed E-state index contributed by atoms with van der Waals surface area (Å²) in [6.07, 6.45) is -6.25. The van der Waals surface area contributed by atoms with Crippen molar-refractivity contribution in [2.24, 2.45) is 11.7 Å². The number of esters is 2. The minimum absolute atomic E-state index is 0.0458. The number of ether oxygens (including phenoxy) is 6. The average Bonchev–Trinajstić information content (AvgIpc) is 3.27. The van der Waals surface area contributed by atoms with E-state index in [0.29, 0.717) is 29.2 Å². The Balaban J connectivity index is 1.42. The van der Waals surface area contributed by atoms with Crippen molar-refractivity contribution in [1.29, 1.82) is 0 Å². The third kappa shape index (κ3) is 15.0. The van der Waals surface area contributed by atoms with Crippen molar-refractivity contribution in [2.75, 3.05) is 18.5 Å². The van der Waals surface area contributed by atoms with Gasteiger partial charge in [0.05, 0.1) is 5.57 Å². The number of hydrogen-bond acceptors (Lipinski definition) is 16. The molecular weight excluding hydrogens is 1000 g/mol. The Morgan fingerprint density at radius 3 is 1.86 bits per heavy atom. The van der Waals surface area contributed by atoms with Crippen molar-refractivity contribution in [3.8, 4) is 0 Å². The minimum atomic E-state index is -2.09. The van der Waals surface area contributed by atoms with Gasteiger partial charge in [-0.25, -0.2) is 24.0 Å². The summed E-state index contributed by atoms with van der Waals surface area (Å²) in [5, 5.41) is 4.54. The molecule has 1 fully saturated rings. The number of carbonyl (C=O) groups is 9. The van der Waals surface area contributed by atoms with E-state index in [-0.39, 0.29) is 11.3 Å². The zero-order valence-electron chi connectivity index (χ0n) is 38.2. The van der Waals surface area contributed by atoms with Gasteiger partial charge in [0, 0.05) is 11.3 Å². The fraction of sp³-hybridized carbons (Fsp3) is 0.370. The zero-order valence-corrected chi connectivity index (χ0v) is 41.3. The van der Waals surface area contributed by atoms with Gasteiger partial charge in [-0.15, -0.1) is 11.8 Å². The molecule has 70 heavy (non-hydrogen) atoms. The predicted octanol–water partition coefficient (Wildman–Crippen LogP) is 6.28. The van der Waals surface area contributed by atoms with Crippen LogP contribution in [0.15, 0.2) is 96.2 Å². The maximum absolute atomic E-state index is 14.3. The third-order valence-electron chi connectivity index (χ3n) is 9.46. The lowest BCUT2D eigenvalue weighted by molar-refractivity contribution is -0.158. The molecule has 0 bridgehead atoms. The van der Waals surface area contributed by atoms with Gasteiger partial charge in [-0.3, -0.25) is 24.6 Å². The van der Waals surface area contributed by atoms with Crippen molar-refractivity contribution in [3.63, 3.8) is 0 Å². The molecule has 0 radical (unpaired) electrons. The molecule has 2 aliphatic rings. The first-order valence-electron chi connectivity index (χ1n) is 21.0. The molecule has 0 spiro atoms. The van der Waals surface area contributed by atoms with Crippen LogP contribution in [0.3, 0.4) is 0 Å². The molecular formula is C46H48Cl3N5O15S. The monoisotopic (exact) mass is 1050 g/mol. The quantitative estimate of drug-likeness (QED) is 0.0307. The van der Waals surface area contributed by atoms with Crippen LogP contribution >= 0.6 is 46.6 Å². The fourth-order valence-electron chi connectivity index (χ4n) is 6.56. The number of amides is 5. The van der Waals surface area contributed by atoms with E-state index in [1.807, 2.05) is 0 Å². The molecule has 0 aromatic heterocycles. The molecule has 5 rings (SSSR count). The standard InChI is InChI=1S/C46H48Cl3N5O15S/c1-44(2,3)68-39(59)29(52-42(62)69-45(4,5)6)22-64-41(61)51-27-19-17-26(18-20-27)33(67-43(63)65-23-46(47,48)49)35(57)53-36-30(34(50)56)31(54-37(58)28(21-55)38(54)70-36)40(60)66-32(24-13-9-7-10-14-24)25-15-11-8-12-16-25/h7-21,28-29,32-33,36,38H,22-23H2,1-6H3,(H2,50,56)(H,51,61)(H,52,62)(H,53,57)/t28-,29-,33?,36?,38+/m1/s1. The predicted molar refractivity (Wildman–Crippen MR) is 253 cm³/mol. The molecule has 0 saturated carbocycles. The number of nitrogens with zero attached hydrogens (tertiary/aromatic N) is 1. The number of carbonyl (C=O) groups excluding carboxylic acids is 9. The smallest absolute Gasteiger partial charge is 0.458 e. The van der Waals surface area contributed by atoms with E-state index >= 15 is 0 Å². The van der Waals surface area contributed by atoms with Crippen LogP contribution in [0.25, 0.3) is 0 Å². The highest BCUT2D eigenvalue weighted by Crippen LogP contribution is 2.47. The maximum Gasteiger partial charge on any atom is 0.509 e. The molecule has 5 N–H and O–H groups in total. The van der Waals surface area contributed by atoms with Crippen molar-refractivity contribution < 1.29 is 71.6 Å². The molecule has 2 aliphatic heterocycles. The first-order chi connectivity index (χ1) is 32.7. The highest BCUT2D eigenvalue weighted by molar-refractivity contribution is 8.00. The number of anilines is 1. The van der Waals surface area contributed by atoms with Gasteiger partial charge >= 0.3 is 30.3 Å². The highest BCUT2D eigenvalue weighted by Gasteiger charge is 2.57. The van der Waals surface area contributed by atoms with Gasteiger partial charge in [-0.2, -0.15) is 0 Å². The summed E-state index contributed by atoms with van der Waals surface area (Å²) in [4.78, 5) is 120. The summed E-state index contributed by atoms with van der Waals surface area (Å²) in [5.74, 6) is -6.70. The maximum atomic E-state index is 14.3. The Morgan fingerprint density at radius 2 is 1.34 bits per heavy atom. The molecule has 0 aliphatic carbocycles. The van der Waals surface area contributed by atoms with E-state index in [9.17, 15) is 43.2 Å². The van der Waals surface area contributed by atoms with E-state index in [4.69, 9.17) is 69.0 Å². The van der Waals surface area contributed by atoms with Gasteiger partial charge in [-0.1, -0.05) is 108 Å². The molecule has 3 aromatic carbocycles. The lowest BCUT2D eigenvalue weighted by Crippen LogP contribution is -2.65. The molecule has 2 heterocycles. The van der Waals surface area contributed by atoms with E-state index in [0.717, 1.165) is 4.90 Å². The molecule has 1 saturated heterocycles. The number of β-lactam (4-membered cyclic amide) rings is 1. The number of hydrogen-bond donors (Lipinski definition) is 4. The second kappa shape index (κ2) is 22.9. The number of alkyl halides is 3. The Morgan fingerprint density at radius 1 is 0.771 bits per heavy atom. The Kier molecular flexibility index (Phi) is 17.8. The van der Waals surface area contributed by atoms with E-state index in [2.05, 4.69) is 16.0 Å². The number of aldehydes is 1. The van der Waals surface area contributed by atoms with Crippen LogP contribution in [0.4, 0.5) is 20.1 Å². The number of rotatable bonds is 16. The van der Waals surface area contributed by atoms with Crippen LogP contribution in [-0.4, -0.2) is 104 Å². The van der Waals surface area contributed by atoms with Crippen LogP contribution in [0.2, 0.25) is 0 Å². The van der Waals surface area contributed by atoms with Crippen LogP contribution in [0, 0.1) is 5.92 Å². The molecule has 2 unspecified atom stereocenters. The number of alkyl carbamates (subject to hydrolysis) is 1. The van der Waals surface area contributed by atoms with Crippen LogP contribution in [0.1, 0.15) is 70.4 Å². The van der Waals surface area contributed by atoms with Crippen molar-refractivity contribution in [2.45, 2.75) is 85.5 Å². The molecule has 3 aromatic rings. The molecule has 5 amide bonds. The topological polar surface area (TPSA) is 274 Å². The Bertz CT molecular complexity index is 2460. The van der Waals surface area contributed by atoms with Crippen molar-refractivity contribution >= 4 is 107 Å². The number of nitrogens with two attached hydrogens (primary N) is 1. The largest absolute Gasteiger partial charge is 0.509 e. The SMILES string of the molecule is CC(C)(C)OC(=O)N[C@H](COC(=O)Nc1ccc(C(OC(=O)OCC(Cl)(Cl)Cl)C(=O)NC2S[C@H]3[C@H](C=O)C(=O)N3C(C(=O)OC(c3ccccc3)c3ccccc3)=C2C(N)=O)cc1)C(=O)OC(C)(C)C. The van der Waals surface area contributed by atoms with E-state index in [1.165, 1.54) is 24.3 Å². The molecule has 5 atom stereocenters. The van der Waals surface area contributed by atoms with Crippen molar-refractivity contribution in [1.82, 2.24) is 15.5 Å². The average molecular weight is 1050 g/mol. The first-order valence-corrected chi connectivity index (χ1v) is 23.1. The molecule has 374 valence electrons. The lowest BCUT2D eigenvalue weighted by atomic mass is 9.96. The second-order valence-corrected chi connectivity index (χ2v) is 21.0. The fourth-order valence-corrected chi connectivity index (χ4v) is 8.23. The van der Waals surface area contributed by atoms with Gasteiger partial charge in [-0.05, 0) is 64.8 Å². The molecule has 20 nitrogen and oxygen atoms in total. The number of primary amides is 1. The van der Waals surface area contributed by atoms with Gasteiger partial charge in [0.1, 0.15) is 53.1 Å². The Hall–Kier alpha value is -6.55. The summed E-state index contributed by atoms with van der Waals surface area (Å²) in [6, 6.07) is 20.6. The first kappa shape index (κ1) is 54.4. The van der Waals surface area contributed by atoms with Gasteiger partial charge in [0.2, 0.25) is 21.7 Å².